The molecular formula is C11H20N2O3. The molecule has 0 saturated carbocycles. The first-order valence-corrected chi connectivity index (χ1v) is 5.73. The fourth-order valence-corrected chi connectivity index (χ4v) is 2.12. The van der Waals surface area contributed by atoms with Gasteiger partial charge in [-0.05, 0) is 32.6 Å². The van der Waals surface area contributed by atoms with Gasteiger partial charge in [0.05, 0.1) is 0 Å². The van der Waals surface area contributed by atoms with E-state index in [0.29, 0.717) is 6.54 Å². The van der Waals surface area contributed by atoms with E-state index in [1.165, 1.54) is 4.90 Å². The maximum Gasteiger partial charge on any atom is 0.326 e. The summed E-state index contributed by atoms with van der Waals surface area (Å²) in [5.74, 6) is -0.893. The Morgan fingerprint density at radius 2 is 2.06 bits per heavy atom. The molecule has 0 bridgehead atoms. The van der Waals surface area contributed by atoms with Gasteiger partial charge in [0, 0.05) is 12.6 Å². The monoisotopic (exact) mass is 228 g/mol. The van der Waals surface area contributed by atoms with Crippen LogP contribution in [0.1, 0.15) is 33.6 Å². The average molecular weight is 228 g/mol. The first kappa shape index (κ1) is 12.8. The number of carboxylic acids is 1. The molecule has 16 heavy (non-hydrogen) atoms. The summed E-state index contributed by atoms with van der Waals surface area (Å²) >= 11 is 0. The standard InChI is InChI=1S/C11H20N2O3/c1-7(2)12-11(16)13-6-4-5-8(3)9(13)10(14)15/h7-9H,4-6H2,1-3H3,(H,12,16)(H,14,15). The van der Waals surface area contributed by atoms with Gasteiger partial charge in [0.1, 0.15) is 6.04 Å². The second-order valence-electron chi connectivity index (χ2n) is 4.70. The summed E-state index contributed by atoms with van der Waals surface area (Å²) in [6.45, 7) is 6.13. The number of carbonyl (C=O) groups excluding carboxylic acids is 1. The SMILES string of the molecule is CC(C)NC(=O)N1CCCC(C)C1C(=O)O. The second kappa shape index (κ2) is 5.18. The first-order chi connectivity index (χ1) is 7.43. The number of nitrogens with zero attached hydrogens (tertiary/aromatic N) is 1. The molecule has 2 N–H and O–H groups in total. The molecule has 1 saturated heterocycles. The number of hydrogen-bond donors (Lipinski definition) is 2. The first-order valence-electron chi connectivity index (χ1n) is 5.73. The third kappa shape index (κ3) is 2.87. The average Bonchev–Trinajstić information content (AvgIpc) is 2.15. The Hall–Kier alpha value is -1.26. The Kier molecular flexibility index (Phi) is 4.15. The lowest BCUT2D eigenvalue weighted by Crippen LogP contribution is -2.55. The fraction of sp³-hybridized carbons (Fsp3) is 0.818. The van der Waals surface area contributed by atoms with Crippen molar-refractivity contribution in [3.8, 4) is 0 Å². The van der Waals surface area contributed by atoms with Crippen molar-refractivity contribution in [1.29, 1.82) is 0 Å². The van der Waals surface area contributed by atoms with E-state index in [4.69, 9.17) is 5.11 Å². The number of carbonyl (C=O) groups is 2. The molecule has 1 aliphatic rings. The molecule has 0 spiro atoms. The van der Waals surface area contributed by atoms with E-state index in [1.54, 1.807) is 0 Å². The van der Waals surface area contributed by atoms with Crippen LogP contribution in [0.25, 0.3) is 0 Å². The van der Waals surface area contributed by atoms with Gasteiger partial charge >= 0.3 is 12.0 Å². The molecule has 1 aliphatic heterocycles. The number of aliphatic carboxylic acids is 1. The Morgan fingerprint density at radius 1 is 1.44 bits per heavy atom. The Morgan fingerprint density at radius 3 is 2.56 bits per heavy atom. The Bertz CT molecular complexity index is 278. The highest BCUT2D eigenvalue weighted by atomic mass is 16.4. The van der Waals surface area contributed by atoms with Gasteiger partial charge in [-0.1, -0.05) is 6.92 Å². The summed E-state index contributed by atoms with van der Waals surface area (Å²) in [4.78, 5) is 24.4. The summed E-state index contributed by atoms with van der Waals surface area (Å²) in [7, 11) is 0. The van der Waals surface area contributed by atoms with E-state index < -0.39 is 12.0 Å². The third-order valence-corrected chi connectivity index (χ3v) is 2.86. The number of nitrogens with one attached hydrogen (secondary N) is 1. The van der Waals surface area contributed by atoms with Crippen molar-refractivity contribution in [3.63, 3.8) is 0 Å². The predicted molar refractivity (Wildman–Crippen MR) is 60.2 cm³/mol. The molecule has 5 nitrogen and oxygen atoms in total. The van der Waals surface area contributed by atoms with E-state index >= 15 is 0 Å². The van der Waals surface area contributed by atoms with E-state index in [9.17, 15) is 9.59 Å². The number of piperidine rings is 1. The van der Waals surface area contributed by atoms with Crippen molar-refractivity contribution >= 4 is 12.0 Å². The van der Waals surface area contributed by atoms with Crippen molar-refractivity contribution in [3.05, 3.63) is 0 Å². The quantitative estimate of drug-likeness (QED) is 0.748. The normalized spacial score (nSPS) is 25.6. The lowest BCUT2D eigenvalue weighted by molar-refractivity contribution is -0.145. The van der Waals surface area contributed by atoms with Crippen LogP contribution in [0.5, 0.6) is 0 Å². The van der Waals surface area contributed by atoms with Crippen LogP contribution in [-0.2, 0) is 4.79 Å². The van der Waals surface area contributed by atoms with Crippen molar-refractivity contribution in [1.82, 2.24) is 10.2 Å². The summed E-state index contributed by atoms with van der Waals surface area (Å²) in [5, 5.41) is 11.9. The van der Waals surface area contributed by atoms with E-state index in [0.717, 1.165) is 12.8 Å². The van der Waals surface area contributed by atoms with Crippen molar-refractivity contribution in [2.45, 2.75) is 45.7 Å². The van der Waals surface area contributed by atoms with Gasteiger partial charge in [-0.2, -0.15) is 0 Å². The van der Waals surface area contributed by atoms with E-state index in [1.807, 2.05) is 20.8 Å². The molecule has 92 valence electrons. The minimum atomic E-state index is -0.911. The van der Waals surface area contributed by atoms with E-state index in [2.05, 4.69) is 5.32 Å². The molecule has 5 heteroatoms. The van der Waals surface area contributed by atoms with Crippen LogP contribution in [0.2, 0.25) is 0 Å². The molecular weight excluding hydrogens is 208 g/mol. The van der Waals surface area contributed by atoms with Crippen LogP contribution in [0, 0.1) is 5.92 Å². The predicted octanol–water partition coefficient (Wildman–Crippen LogP) is 1.29. The molecule has 0 aromatic rings. The summed E-state index contributed by atoms with van der Waals surface area (Å²) in [5.41, 5.74) is 0. The lowest BCUT2D eigenvalue weighted by atomic mass is 9.91. The number of rotatable bonds is 2. The molecule has 0 aliphatic carbocycles. The van der Waals surface area contributed by atoms with Crippen LogP contribution in [0.4, 0.5) is 4.79 Å². The minimum absolute atomic E-state index is 0.0177. The van der Waals surface area contributed by atoms with Crippen molar-refractivity contribution < 1.29 is 14.7 Å². The number of likely N-dealkylation sites (tertiary alicyclic amines) is 1. The van der Waals surface area contributed by atoms with E-state index in [-0.39, 0.29) is 18.0 Å². The van der Waals surface area contributed by atoms with Gasteiger partial charge in [-0.25, -0.2) is 9.59 Å². The van der Waals surface area contributed by atoms with Gasteiger partial charge in [0.25, 0.3) is 0 Å². The van der Waals surface area contributed by atoms with Gasteiger partial charge in [-0.15, -0.1) is 0 Å². The third-order valence-electron chi connectivity index (χ3n) is 2.86. The molecule has 1 rings (SSSR count). The smallest absolute Gasteiger partial charge is 0.326 e. The largest absolute Gasteiger partial charge is 0.480 e. The number of amides is 2. The van der Waals surface area contributed by atoms with Gasteiger partial charge < -0.3 is 15.3 Å². The summed E-state index contributed by atoms with van der Waals surface area (Å²) in [6.07, 6.45) is 1.74. The zero-order valence-corrected chi connectivity index (χ0v) is 10.1. The van der Waals surface area contributed by atoms with Crippen LogP contribution in [0.3, 0.4) is 0 Å². The molecule has 1 fully saturated rings. The van der Waals surface area contributed by atoms with Crippen LogP contribution in [0.15, 0.2) is 0 Å². The maximum atomic E-state index is 11.8. The molecule has 1 heterocycles. The maximum absolute atomic E-state index is 11.8. The van der Waals surface area contributed by atoms with Crippen molar-refractivity contribution in [2.24, 2.45) is 5.92 Å². The highest BCUT2D eigenvalue weighted by Crippen LogP contribution is 2.23. The highest BCUT2D eigenvalue weighted by Gasteiger charge is 2.37. The molecule has 2 amide bonds. The Balaban J connectivity index is 2.75. The summed E-state index contributed by atoms with van der Waals surface area (Å²) in [6, 6.07) is -0.930. The lowest BCUT2D eigenvalue weighted by Gasteiger charge is -2.37. The summed E-state index contributed by atoms with van der Waals surface area (Å²) < 4.78 is 0. The molecule has 0 aromatic carbocycles. The minimum Gasteiger partial charge on any atom is -0.480 e. The number of urea groups is 1. The molecule has 2 atom stereocenters. The fourth-order valence-electron chi connectivity index (χ4n) is 2.12. The molecule has 2 unspecified atom stereocenters. The van der Waals surface area contributed by atoms with Crippen LogP contribution >= 0.6 is 0 Å². The van der Waals surface area contributed by atoms with Crippen LogP contribution < -0.4 is 5.32 Å². The van der Waals surface area contributed by atoms with Crippen molar-refractivity contribution in [2.75, 3.05) is 6.54 Å². The molecule has 0 aromatic heterocycles. The highest BCUT2D eigenvalue weighted by molar-refractivity contribution is 5.83. The van der Waals surface area contributed by atoms with Gasteiger partial charge in [0.15, 0.2) is 0 Å². The topological polar surface area (TPSA) is 69.6 Å². The zero-order chi connectivity index (χ0) is 12.3. The van der Waals surface area contributed by atoms with Crippen LogP contribution in [-0.4, -0.2) is 40.6 Å². The second-order valence-corrected chi connectivity index (χ2v) is 4.70. The van der Waals surface area contributed by atoms with Gasteiger partial charge in [-0.3, -0.25) is 0 Å². The number of hydrogen-bond acceptors (Lipinski definition) is 2. The molecule has 0 radical (unpaired) electrons. The number of carboxylic acid groups (broad SMARTS) is 1. The zero-order valence-electron chi connectivity index (χ0n) is 10.1. The van der Waals surface area contributed by atoms with Gasteiger partial charge in [0.2, 0.25) is 0 Å². The Labute approximate surface area is 95.8 Å².